The van der Waals surface area contributed by atoms with Crippen molar-refractivity contribution < 1.29 is 0 Å². The molecule has 0 heterocycles. The van der Waals surface area contributed by atoms with Crippen LogP contribution >= 0.6 is 23.2 Å². The highest BCUT2D eigenvalue weighted by atomic mass is 35.5. The van der Waals surface area contributed by atoms with Crippen LogP contribution in [-0.2, 0) is 0 Å². The summed E-state index contributed by atoms with van der Waals surface area (Å²) in [4.78, 5) is 0. The third kappa shape index (κ3) is 3.14. The molecule has 1 nitrogen and oxygen atoms in total. The first-order valence-corrected chi connectivity index (χ1v) is 6.20. The summed E-state index contributed by atoms with van der Waals surface area (Å²) >= 11 is 11.8. The Balaban J connectivity index is 2.96. The lowest BCUT2D eigenvalue weighted by Gasteiger charge is -2.17. The summed E-state index contributed by atoms with van der Waals surface area (Å²) in [6, 6.07) is 7.78. The largest absolute Gasteiger partial charge is 0.198 e. The van der Waals surface area contributed by atoms with Crippen LogP contribution in [0.25, 0.3) is 0 Å². The van der Waals surface area contributed by atoms with Crippen LogP contribution in [0.2, 0.25) is 10.0 Å². The topological polar surface area (TPSA) is 23.8 Å². The third-order valence-corrected chi connectivity index (χ3v) is 3.49. The normalized spacial score (nSPS) is 14.2. The summed E-state index contributed by atoms with van der Waals surface area (Å²) in [5.41, 5.74) is 0.956. The standard InChI is InChI=1S/C13H15Cl2N/c1-3-4-9(2)11(8-16)10-5-6-12(14)13(15)7-10/h5-7,9,11H,3-4H2,1-2H3. The van der Waals surface area contributed by atoms with E-state index in [0.29, 0.717) is 16.0 Å². The van der Waals surface area contributed by atoms with E-state index in [1.807, 2.05) is 6.07 Å². The molecule has 1 aromatic carbocycles. The predicted molar refractivity (Wildman–Crippen MR) is 68.9 cm³/mol. The average Bonchev–Trinajstić information content (AvgIpc) is 2.25. The van der Waals surface area contributed by atoms with E-state index in [0.717, 1.165) is 18.4 Å². The van der Waals surface area contributed by atoms with E-state index in [2.05, 4.69) is 19.9 Å². The molecule has 1 rings (SSSR count). The van der Waals surface area contributed by atoms with Gasteiger partial charge in [-0.25, -0.2) is 0 Å². The Labute approximate surface area is 107 Å². The predicted octanol–water partition coefficient (Wildman–Crippen LogP) is 5.04. The zero-order chi connectivity index (χ0) is 12.1. The van der Waals surface area contributed by atoms with E-state index >= 15 is 0 Å². The molecule has 0 amide bonds. The first kappa shape index (κ1) is 13.4. The van der Waals surface area contributed by atoms with Crippen LogP contribution in [0.1, 0.15) is 38.2 Å². The maximum absolute atomic E-state index is 9.21. The molecule has 0 aliphatic heterocycles. The number of nitrogens with zero attached hydrogens (tertiary/aromatic N) is 1. The molecule has 3 heteroatoms. The molecule has 0 bridgehead atoms. The maximum Gasteiger partial charge on any atom is 0.0738 e. The zero-order valence-electron chi connectivity index (χ0n) is 9.50. The maximum atomic E-state index is 9.21. The van der Waals surface area contributed by atoms with Crippen molar-refractivity contribution in [3.63, 3.8) is 0 Å². The van der Waals surface area contributed by atoms with Crippen LogP contribution < -0.4 is 0 Å². The van der Waals surface area contributed by atoms with Crippen molar-refractivity contribution >= 4 is 23.2 Å². The van der Waals surface area contributed by atoms with E-state index in [4.69, 9.17) is 23.2 Å². The molecule has 0 saturated heterocycles. The summed E-state index contributed by atoms with van der Waals surface area (Å²) < 4.78 is 0. The minimum Gasteiger partial charge on any atom is -0.198 e. The van der Waals surface area contributed by atoms with Gasteiger partial charge in [0.15, 0.2) is 0 Å². The van der Waals surface area contributed by atoms with Gasteiger partial charge in [0.2, 0.25) is 0 Å². The van der Waals surface area contributed by atoms with E-state index < -0.39 is 0 Å². The second kappa shape index (κ2) is 6.13. The van der Waals surface area contributed by atoms with Crippen molar-refractivity contribution in [2.24, 2.45) is 5.92 Å². The second-order valence-corrected chi connectivity index (χ2v) is 4.86. The van der Waals surface area contributed by atoms with Gasteiger partial charge < -0.3 is 0 Å². The molecule has 16 heavy (non-hydrogen) atoms. The van der Waals surface area contributed by atoms with Gasteiger partial charge in [0, 0.05) is 0 Å². The molecule has 0 fully saturated rings. The van der Waals surface area contributed by atoms with Crippen LogP contribution in [0.4, 0.5) is 0 Å². The number of nitriles is 1. The van der Waals surface area contributed by atoms with E-state index in [-0.39, 0.29) is 5.92 Å². The highest BCUT2D eigenvalue weighted by Gasteiger charge is 2.18. The van der Waals surface area contributed by atoms with Crippen molar-refractivity contribution in [3.8, 4) is 6.07 Å². The summed E-state index contributed by atoms with van der Waals surface area (Å²) in [6.45, 7) is 4.22. The van der Waals surface area contributed by atoms with Gasteiger partial charge in [-0.15, -0.1) is 0 Å². The fraction of sp³-hybridized carbons (Fsp3) is 0.462. The molecule has 0 aliphatic rings. The van der Waals surface area contributed by atoms with Gasteiger partial charge in [-0.2, -0.15) is 5.26 Å². The fourth-order valence-corrected chi connectivity index (χ4v) is 2.16. The van der Waals surface area contributed by atoms with Crippen LogP contribution in [0.5, 0.6) is 0 Å². The number of rotatable bonds is 4. The molecule has 0 spiro atoms. The zero-order valence-corrected chi connectivity index (χ0v) is 11.0. The monoisotopic (exact) mass is 255 g/mol. The van der Waals surface area contributed by atoms with E-state index in [1.165, 1.54) is 0 Å². The van der Waals surface area contributed by atoms with E-state index in [1.54, 1.807) is 12.1 Å². The van der Waals surface area contributed by atoms with Gasteiger partial charge in [-0.1, -0.05) is 49.5 Å². The highest BCUT2D eigenvalue weighted by Crippen LogP contribution is 2.31. The molecule has 1 aromatic rings. The summed E-state index contributed by atoms with van der Waals surface area (Å²) in [5, 5.41) is 10.3. The Morgan fingerprint density at radius 3 is 2.50 bits per heavy atom. The molecule has 0 N–H and O–H groups in total. The fourth-order valence-electron chi connectivity index (χ4n) is 1.86. The molecule has 0 aromatic heterocycles. The minimum atomic E-state index is -0.102. The molecular formula is C13H15Cl2N. The summed E-state index contributed by atoms with van der Waals surface area (Å²) in [6.07, 6.45) is 2.12. The Morgan fingerprint density at radius 1 is 1.31 bits per heavy atom. The number of hydrogen-bond donors (Lipinski definition) is 0. The first-order chi connectivity index (χ1) is 7.60. The van der Waals surface area contributed by atoms with Crippen molar-refractivity contribution in [1.82, 2.24) is 0 Å². The molecule has 86 valence electrons. The first-order valence-electron chi connectivity index (χ1n) is 5.44. The van der Waals surface area contributed by atoms with E-state index in [9.17, 15) is 5.26 Å². The Bertz CT molecular complexity index is 395. The Hall–Kier alpha value is -0.710. The van der Waals surface area contributed by atoms with Crippen LogP contribution in [0.15, 0.2) is 18.2 Å². The quantitative estimate of drug-likeness (QED) is 0.740. The van der Waals surface area contributed by atoms with Gasteiger partial charge in [0.1, 0.15) is 0 Å². The van der Waals surface area contributed by atoms with Crippen molar-refractivity contribution in [2.45, 2.75) is 32.6 Å². The van der Waals surface area contributed by atoms with Gasteiger partial charge in [-0.05, 0) is 30.0 Å². The highest BCUT2D eigenvalue weighted by molar-refractivity contribution is 6.42. The van der Waals surface area contributed by atoms with Gasteiger partial charge >= 0.3 is 0 Å². The van der Waals surface area contributed by atoms with Crippen LogP contribution in [-0.4, -0.2) is 0 Å². The lowest BCUT2D eigenvalue weighted by Crippen LogP contribution is -2.07. The molecule has 0 aliphatic carbocycles. The number of benzene rings is 1. The summed E-state index contributed by atoms with van der Waals surface area (Å²) in [5.74, 6) is 0.238. The van der Waals surface area contributed by atoms with Crippen LogP contribution in [0, 0.1) is 17.2 Å². The van der Waals surface area contributed by atoms with Crippen molar-refractivity contribution in [3.05, 3.63) is 33.8 Å². The Morgan fingerprint density at radius 2 is 2.00 bits per heavy atom. The third-order valence-electron chi connectivity index (χ3n) is 2.75. The molecule has 0 radical (unpaired) electrons. The van der Waals surface area contributed by atoms with Crippen molar-refractivity contribution in [2.75, 3.05) is 0 Å². The SMILES string of the molecule is CCCC(C)C(C#N)c1ccc(Cl)c(Cl)c1. The minimum absolute atomic E-state index is 0.102. The Kier molecular flexibility index (Phi) is 5.12. The molecule has 2 unspecified atom stereocenters. The smallest absolute Gasteiger partial charge is 0.0738 e. The molecular weight excluding hydrogens is 241 g/mol. The lowest BCUT2D eigenvalue weighted by molar-refractivity contribution is 0.484. The molecule has 2 atom stereocenters. The van der Waals surface area contributed by atoms with Gasteiger partial charge in [0.25, 0.3) is 0 Å². The van der Waals surface area contributed by atoms with Crippen LogP contribution in [0.3, 0.4) is 0 Å². The van der Waals surface area contributed by atoms with Gasteiger partial charge in [-0.3, -0.25) is 0 Å². The van der Waals surface area contributed by atoms with Crippen molar-refractivity contribution in [1.29, 1.82) is 5.26 Å². The second-order valence-electron chi connectivity index (χ2n) is 4.05. The summed E-state index contributed by atoms with van der Waals surface area (Å²) in [7, 11) is 0. The number of halogens is 2. The molecule has 0 saturated carbocycles. The lowest BCUT2D eigenvalue weighted by atomic mass is 9.86. The number of hydrogen-bond acceptors (Lipinski definition) is 1. The average molecular weight is 256 g/mol. The van der Waals surface area contributed by atoms with Gasteiger partial charge in [0.05, 0.1) is 22.0 Å².